The van der Waals surface area contributed by atoms with Crippen LogP contribution in [-0.4, -0.2) is 17.3 Å². The second-order valence-electron chi connectivity index (χ2n) is 5.93. The molecule has 2 aromatic carbocycles. The monoisotopic (exact) mass is 322 g/mol. The quantitative estimate of drug-likeness (QED) is 0.804. The number of amides is 1. The van der Waals surface area contributed by atoms with Crippen molar-refractivity contribution in [1.29, 1.82) is 0 Å². The fourth-order valence-corrected chi connectivity index (χ4v) is 3.16. The van der Waals surface area contributed by atoms with E-state index in [1.807, 2.05) is 32.2 Å². The molecule has 1 aliphatic rings. The molecule has 1 N–H and O–H groups in total. The van der Waals surface area contributed by atoms with Gasteiger partial charge in [0.15, 0.2) is 11.5 Å². The molecule has 0 bridgehead atoms. The molecule has 0 saturated heterocycles. The molecule has 0 radical (unpaired) electrons. The molecular weight excluding hydrogens is 304 g/mol. The van der Waals surface area contributed by atoms with Crippen LogP contribution in [0.5, 0.6) is 11.5 Å². The number of fused-ring (bicyclic) bond motifs is 2. The van der Waals surface area contributed by atoms with Gasteiger partial charge in [-0.05, 0) is 30.7 Å². The number of aryl methyl sites for hydroxylation is 1. The highest BCUT2D eigenvalue weighted by Crippen LogP contribution is 2.34. The molecule has 1 aliphatic heterocycles. The minimum Gasteiger partial charge on any atom is -0.454 e. The summed E-state index contributed by atoms with van der Waals surface area (Å²) in [5.41, 5.74) is 4.02. The highest BCUT2D eigenvalue weighted by molar-refractivity contribution is 5.96. The van der Waals surface area contributed by atoms with Gasteiger partial charge in [0, 0.05) is 35.4 Å². The van der Waals surface area contributed by atoms with Crippen molar-refractivity contribution in [2.75, 3.05) is 12.1 Å². The third-order valence-electron chi connectivity index (χ3n) is 4.52. The average molecular weight is 322 g/mol. The van der Waals surface area contributed by atoms with Crippen LogP contribution in [0.1, 0.15) is 11.3 Å². The third-order valence-corrected chi connectivity index (χ3v) is 4.52. The first-order valence-electron chi connectivity index (χ1n) is 7.86. The van der Waals surface area contributed by atoms with Crippen LogP contribution in [0.3, 0.4) is 0 Å². The Morgan fingerprint density at radius 1 is 1.17 bits per heavy atom. The molecule has 0 saturated carbocycles. The Labute approximate surface area is 139 Å². The van der Waals surface area contributed by atoms with Crippen LogP contribution in [0.2, 0.25) is 0 Å². The number of carbonyl (C=O) groups excluding carboxylic acids is 1. The molecule has 24 heavy (non-hydrogen) atoms. The van der Waals surface area contributed by atoms with Crippen LogP contribution in [-0.2, 0) is 18.3 Å². The van der Waals surface area contributed by atoms with E-state index in [2.05, 4.69) is 22.0 Å². The molecule has 0 spiro atoms. The summed E-state index contributed by atoms with van der Waals surface area (Å²) in [6, 6.07) is 13.6. The van der Waals surface area contributed by atoms with E-state index in [1.165, 1.54) is 0 Å². The number of nitrogens with one attached hydrogen (secondary N) is 1. The molecule has 0 unspecified atom stereocenters. The lowest BCUT2D eigenvalue weighted by molar-refractivity contribution is -0.115. The summed E-state index contributed by atoms with van der Waals surface area (Å²) in [6.07, 6.45) is 0.335. The minimum atomic E-state index is -0.0479. The zero-order chi connectivity index (χ0) is 16.7. The second-order valence-corrected chi connectivity index (χ2v) is 5.93. The number of ether oxygens (including phenoxy) is 2. The second kappa shape index (κ2) is 5.60. The summed E-state index contributed by atoms with van der Waals surface area (Å²) in [6.45, 7) is 2.27. The van der Waals surface area contributed by atoms with E-state index in [0.717, 1.165) is 22.2 Å². The fraction of sp³-hybridized carbons (Fsp3) is 0.211. The van der Waals surface area contributed by atoms with Crippen LogP contribution in [0.4, 0.5) is 5.69 Å². The van der Waals surface area contributed by atoms with Crippen molar-refractivity contribution in [2.24, 2.45) is 7.05 Å². The zero-order valence-corrected chi connectivity index (χ0v) is 13.6. The van der Waals surface area contributed by atoms with Gasteiger partial charge < -0.3 is 19.4 Å². The number of aromatic nitrogens is 1. The van der Waals surface area contributed by atoms with Crippen molar-refractivity contribution < 1.29 is 14.3 Å². The number of para-hydroxylation sites is 1. The topological polar surface area (TPSA) is 52.5 Å². The lowest BCUT2D eigenvalue weighted by Crippen LogP contribution is -2.15. The molecule has 1 aromatic heterocycles. The fourth-order valence-electron chi connectivity index (χ4n) is 3.16. The van der Waals surface area contributed by atoms with Gasteiger partial charge in [-0.25, -0.2) is 0 Å². The van der Waals surface area contributed by atoms with Crippen LogP contribution in [0.25, 0.3) is 10.9 Å². The van der Waals surface area contributed by atoms with E-state index in [0.29, 0.717) is 23.6 Å². The molecule has 5 nitrogen and oxygen atoms in total. The normalized spacial score (nSPS) is 12.6. The third kappa shape index (κ3) is 2.38. The van der Waals surface area contributed by atoms with Crippen LogP contribution in [0, 0.1) is 6.92 Å². The summed E-state index contributed by atoms with van der Waals surface area (Å²) >= 11 is 0. The van der Waals surface area contributed by atoms with Crippen molar-refractivity contribution in [1.82, 2.24) is 4.57 Å². The summed E-state index contributed by atoms with van der Waals surface area (Å²) < 4.78 is 12.7. The van der Waals surface area contributed by atoms with E-state index in [4.69, 9.17) is 9.47 Å². The van der Waals surface area contributed by atoms with E-state index >= 15 is 0 Å². The van der Waals surface area contributed by atoms with Gasteiger partial charge in [0.05, 0.1) is 6.42 Å². The maximum absolute atomic E-state index is 12.5. The van der Waals surface area contributed by atoms with Crippen molar-refractivity contribution in [3.05, 3.63) is 53.7 Å². The van der Waals surface area contributed by atoms with Gasteiger partial charge in [-0.1, -0.05) is 18.2 Å². The van der Waals surface area contributed by atoms with E-state index in [9.17, 15) is 4.79 Å². The van der Waals surface area contributed by atoms with Gasteiger partial charge in [-0.15, -0.1) is 0 Å². The lowest BCUT2D eigenvalue weighted by atomic mass is 10.1. The maximum atomic E-state index is 12.5. The zero-order valence-electron chi connectivity index (χ0n) is 13.6. The first-order valence-corrected chi connectivity index (χ1v) is 7.86. The Bertz CT molecular complexity index is 943. The highest BCUT2D eigenvalue weighted by Gasteiger charge is 2.17. The largest absolute Gasteiger partial charge is 0.454 e. The summed E-state index contributed by atoms with van der Waals surface area (Å²) in [4.78, 5) is 12.5. The van der Waals surface area contributed by atoms with Crippen LogP contribution in [0.15, 0.2) is 42.5 Å². The van der Waals surface area contributed by atoms with E-state index < -0.39 is 0 Å². The molecule has 0 atom stereocenters. The Kier molecular flexibility index (Phi) is 3.41. The average Bonchev–Trinajstić information content (AvgIpc) is 3.14. The molecule has 2 heterocycles. The van der Waals surface area contributed by atoms with Crippen molar-refractivity contribution in [3.8, 4) is 11.5 Å². The number of carbonyl (C=O) groups is 1. The molecular formula is C19H18N2O3. The van der Waals surface area contributed by atoms with E-state index in [1.54, 1.807) is 12.1 Å². The molecule has 1 amide bonds. The number of anilines is 1. The molecule has 0 fully saturated rings. The molecule has 3 aromatic rings. The molecule has 0 aliphatic carbocycles. The number of hydrogen-bond donors (Lipinski definition) is 1. The van der Waals surface area contributed by atoms with Crippen molar-refractivity contribution in [2.45, 2.75) is 13.3 Å². The van der Waals surface area contributed by atoms with Crippen molar-refractivity contribution in [3.63, 3.8) is 0 Å². The standard InChI is InChI=1S/C19H18N2O3/c1-12-15(14-5-3-4-6-16(14)21(12)2)10-19(22)20-13-7-8-17-18(9-13)24-11-23-17/h3-9H,10-11H2,1-2H3,(H,20,22). The van der Waals surface area contributed by atoms with Gasteiger partial charge in [0.25, 0.3) is 0 Å². The summed E-state index contributed by atoms with van der Waals surface area (Å²) in [7, 11) is 2.02. The van der Waals surface area contributed by atoms with Gasteiger partial charge in [-0.2, -0.15) is 0 Å². The van der Waals surface area contributed by atoms with E-state index in [-0.39, 0.29) is 12.7 Å². The molecule has 122 valence electrons. The number of hydrogen-bond acceptors (Lipinski definition) is 3. The van der Waals surface area contributed by atoms with Gasteiger partial charge in [0.1, 0.15) is 0 Å². The summed E-state index contributed by atoms with van der Waals surface area (Å²) in [5.74, 6) is 1.32. The Balaban J connectivity index is 1.58. The predicted octanol–water partition coefficient (Wildman–Crippen LogP) is 3.40. The first kappa shape index (κ1) is 14.6. The van der Waals surface area contributed by atoms with Gasteiger partial charge in [-0.3, -0.25) is 4.79 Å². The van der Waals surface area contributed by atoms with Gasteiger partial charge >= 0.3 is 0 Å². The Morgan fingerprint density at radius 3 is 2.83 bits per heavy atom. The Morgan fingerprint density at radius 2 is 1.96 bits per heavy atom. The number of benzene rings is 2. The molecule has 4 rings (SSSR count). The predicted molar refractivity (Wildman–Crippen MR) is 92.6 cm³/mol. The Hall–Kier alpha value is -2.95. The maximum Gasteiger partial charge on any atom is 0.231 e. The molecule has 5 heteroatoms. The van der Waals surface area contributed by atoms with Crippen LogP contribution < -0.4 is 14.8 Å². The van der Waals surface area contributed by atoms with Gasteiger partial charge in [0.2, 0.25) is 12.7 Å². The number of rotatable bonds is 3. The minimum absolute atomic E-state index is 0.0479. The SMILES string of the molecule is Cc1c(CC(=O)Nc2ccc3c(c2)OCO3)c2ccccc2n1C. The smallest absolute Gasteiger partial charge is 0.231 e. The summed E-state index contributed by atoms with van der Waals surface area (Å²) in [5, 5.41) is 4.06. The lowest BCUT2D eigenvalue weighted by Gasteiger charge is -2.07. The van der Waals surface area contributed by atoms with Crippen molar-refractivity contribution >= 4 is 22.5 Å². The number of nitrogens with zero attached hydrogens (tertiary/aromatic N) is 1. The first-order chi connectivity index (χ1) is 11.6. The highest BCUT2D eigenvalue weighted by atomic mass is 16.7. The van der Waals surface area contributed by atoms with Crippen LogP contribution >= 0.6 is 0 Å².